The first-order valence-electron chi connectivity index (χ1n) is 5.30. The van der Waals surface area contributed by atoms with Crippen LogP contribution in [0, 0.1) is 0 Å². The van der Waals surface area contributed by atoms with Crippen molar-refractivity contribution in [3.8, 4) is 0 Å². The quantitative estimate of drug-likeness (QED) is 0.583. The number of carbonyl (C=O) groups excluding carboxylic acids is 1. The lowest BCUT2D eigenvalue weighted by Crippen LogP contribution is -2.44. The molecule has 1 saturated heterocycles. The average Bonchev–Trinajstić information content (AvgIpc) is 2.70. The molecule has 0 aliphatic carbocycles. The number of urea groups is 1. The van der Waals surface area contributed by atoms with Crippen molar-refractivity contribution in [1.82, 2.24) is 10.4 Å². The van der Waals surface area contributed by atoms with Gasteiger partial charge in [0.25, 0.3) is 0 Å². The maximum Gasteiger partial charge on any atom is 0.391 e. The minimum absolute atomic E-state index is 0.157. The maximum absolute atomic E-state index is 11.8. The third kappa shape index (κ3) is 4.78. The van der Waals surface area contributed by atoms with Crippen LogP contribution < -0.4 is 5.48 Å². The van der Waals surface area contributed by atoms with Crippen molar-refractivity contribution in [3.63, 3.8) is 0 Å². The number of halogens is 3. The van der Waals surface area contributed by atoms with Crippen molar-refractivity contribution in [1.29, 1.82) is 0 Å². The van der Waals surface area contributed by atoms with Crippen LogP contribution in [0.25, 0.3) is 0 Å². The van der Waals surface area contributed by atoms with Gasteiger partial charge >= 0.3 is 12.2 Å². The second-order valence-electron chi connectivity index (χ2n) is 3.79. The van der Waals surface area contributed by atoms with Gasteiger partial charge in [-0.15, -0.1) is 0 Å². The minimum Gasteiger partial charge on any atom is -0.394 e. The monoisotopic (exact) mass is 256 g/mol. The van der Waals surface area contributed by atoms with E-state index < -0.39 is 25.2 Å². The van der Waals surface area contributed by atoms with Crippen molar-refractivity contribution >= 4 is 6.03 Å². The zero-order chi connectivity index (χ0) is 12.9. The number of hydroxylamine groups is 1. The molecule has 8 heteroatoms. The number of aliphatic hydroxyl groups is 1. The van der Waals surface area contributed by atoms with Crippen LogP contribution in [-0.2, 0) is 4.84 Å². The summed E-state index contributed by atoms with van der Waals surface area (Å²) in [5.41, 5.74) is 1.94. The standard InChI is InChI=1S/C9H15F3N2O3/c10-9(11,12)3-5-17-13-8(16)14-4-1-2-7(14)6-15/h7,15H,1-6H2,(H,13,16). The molecule has 2 N–H and O–H groups in total. The Morgan fingerprint density at radius 2 is 2.24 bits per heavy atom. The van der Waals surface area contributed by atoms with Crippen molar-refractivity contribution in [2.24, 2.45) is 0 Å². The Morgan fingerprint density at radius 3 is 2.82 bits per heavy atom. The predicted molar refractivity (Wildman–Crippen MR) is 52.0 cm³/mol. The molecule has 1 heterocycles. The lowest BCUT2D eigenvalue weighted by molar-refractivity contribution is -0.149. The van der Waals surface area contributed by atoms with Gasteiger partial charge in [-0.2, -0.15) is 13.2 Å². The van der Waals surface area contributed by atoms with E-state index in [1.165, 1.54) is 4.90 Å². The van der Waals surface area contributed by atoms with Gasteiger partial charge in [0.15, 0.2) is 0 Å². The molecule has 1 unspecified atom stereocenters. The summed E-state index contributed by atoms with van der Waals surface area (Å²) in [6.07, 6.45) is -3.96. The summed E-state index contributed by atoms with van der Waals surface area (Å²) in [6.45, 7) is -0.303. The Balaban J connectivity index is 2.21. The molecule has 0 aromatic heterocycles. The zero-order valence-corrected chi connectivity index (χ0v) is 9.16. The van der Waals surface area contributed by atoms with E-state index in [1.54, 1.807) is 0 Å². The Hall–Kier alpha value is -1.02. The van der Waals surface area contributed by atoms with E-state index in [0.717, 1.165) is 6.42 Å². The Kier molecular flexibility index (Phi) is 5.01. The molecule has 0 bridgehead atoms. The van der Waals surface area contributed by atoms with Gasteiger partial charge in [-0.3, -0.25) is 4.84 Å². The van der Waals surface area contributed by atoms with Gasteiger partial charge in [-0.05, 0) is 12.8 Å². The average molecular weight is 256 g/mol. The molecule has 1 aliphatic rings. The third-order valence-electron chi connectivity index (χ3n) is 2.50. The minimum atomic E-state index is -4.30. The lowest BCUT2D eigenvalue weighted by Gasteiger charge is -2.22. The number of likely N-dealkylation sites (tertiary alicyclic amines) is 1. The number of alkyl halides is 3. The van der Waals surface area contributed by atoms with Crippen molar-refractivity contribution in [2.45, 2.75) is 31.5 Å². The highest BCUT2D eigenvalue weighted by Gasteiger charge is 2.29. The van der Waals surface area contributed by atoms with Gasteiger partial charge < -0.3 is 10.0 Å². The largest absolute Gasteiger partial charge is 0.394 e. The van der Waals surface area contributed by atoms with E-state index in [9.17, 15) is 18.0 Å². The highest BCUT2D eigenvalue weighted by molar-refractivity contribution is 5.73. The van der Waals surface area contributed by atoms with Gasteiger partial charge in [0, 0.05) is 6.54 Å². The molecule has 0 saturated carbocycles. The number of rotatable bonds is 4. The number of aliphatic hydroxyl groups excluding tert-OH is 1. The molecule has 2 amide bonds. The van der Waals surface area contributed by atoms with Crippen LogP contribution in [-0.4, -0.2) is 48.0 Å². The van der Waals surface area contributed by atoms with Gasteiger partial charge in [0.2, 0.25) is 0 Å². The first-order chi connectivity index (χ1) is 7.94. The molecular formula is C9H15F3N2O3. The maximum atomic E-state index is 11.8. The molecule has 1 fully saturated rings. The smallest absolute Gasteiger partial charge is 0.391 e. The fourth-order valence-electron chi connectivity index (χ4n) is 1.63. The molecule has 5 nitrogen and oxygen atoms in total. The highest BCUT2D eigenvalue weighted by atomic mass is 19.4. The molecule has 0 radical (unpaired) electrons. The van der Waals surface area contributed by atoms with E-state index in [4.69, 9.17) is 5.11 Å². The normalized spacial score (nSPS) is 20.7. The molecular weight excluding hydrogens is 241 g/mol. The van der Waals surface area contributed by atoms with E-state index in [0.29, 0.717) is 13.0 Å². The molecule has 1 atom stereocenters. The van der Waals surface area contributed by atoms with E-state index in [1.807, 2.05) is 5.48 Å². The Labute approximate surface area is 96.5 Å². The summed E-state index contributed by atoms with van der Waals surface area (Å²) in [6, 6.07) is -0.884. The Morgan fingerprint density at radius 1 is 1.53 bits per heavy atom. The van der Waals surface area contributed by atoms with Gasteiger partial charge in [0.05, 0.1) is 25.7 Å². The van der Waals surface area contributed by atoms with Crippen LogP contribution in [0.2, 0.25) is 0 Å². The molecule has 0 aromatic rings. The number of hydrogen-bond acceptors (Lipinski definition) is 3. The predicted octanol–water partition coefficient (Wildman–Crippen LogP) is 1.04. The number of amides is 2. The van der Waals surface area contributed by atoms with Crippen LogP contribution in [0.3, 0.4) is 0 Å². The number of nitrogens with zero attached hydrogens (tertiary/aromatic N) is 1. The summed E-state index contributed by atoms with van der Waals surface area (Å²) in [7, 11) is 0. The van der Waals surface area contributed by atoms with E-state index in [2.05, 4.69) is 4.84 Å². The van der Waals surface area contributed by atoms with Gasteiger partial charge in [-0.25, -0.2) is 10.3 Å². The van der Waals surface area contributed by atoms with Crippen LogP contribution in [0.5, 0.6) is 0 Å². The molecule has 17 heavy (non-hydrogen) atoms. The summed E-state index contributed by atoms with van der Waals surface area (Å²) in [4.78, 5) is 17.2. The van der Waals surface area contributed by atoms with Crippen molar-refractivity contribution in [2.75, 3.05) is 19.8 Å². The molecule has 0 aromatic carbocycles. The Bertz CT molecular complexity index is 260. The highest BCUT2D eigenvalue weighted by Crippen LogP contribution is 2.19. The number of carbonyl (C=O) groups is 1. The molecule has 0 spiro atoms. The first kappa shape index (κ1) is 14.0. The van der Waals surface area contributed by atoms with Crippen LogP contribution in [0.4, 0.5) is 18.0 Å². The van der Waals surface area contributed by atoms with Crippen LogP contribution in [0.15, 0.2) is 0 Å². The number of hydrogen-bond donors (Lipinski definition) is 2. The molecule has 1 aliphatic heterocycles. The summed E-state index contributed by atoms with van der Waals surface area (Å²) < 4.78 is 35.3. The van der Waals surface area contributed by atoms with E-state index in [-0.39, 0.29) is 12.6 Å². The third-order valence-corrected chi connectivity index (χ3v) is 2.50. The summed E-state index contributed by atoms with van der Waals surface area (Å²) >= 11 is 0. The summed E-state index contributed by atoms with van der Waals surface area (Å²) in [5, 5.41) is 8.95. The van der Waals surface area contributed by atoms with Gasteiger partial charge in [0.1, 0.15) is 0 Å². The summed E-state index contributed by atoms with van der Waals surface area (Å²) in [5.74, 6) is 0. The SMILES string of the molecule is O=C(NOCCC(F)(F)F)N1CCCC1CO. The second kappa shape index (κ2) is 6.06. The molecule has 100 valence electrons. The van der Waals surface area contributed by atoms with Crippen molar-refractivity contribution < 1.29 is 27.9 Å². The zero-order valence-electron chi connectivity index (χ0n) is 9.16. The lowest BCUT2D eigenvalue weighted by atomic mass is 10.2. The fourth-order valence-corrected chi connectivity index (χ4v) is 1.63. The molecule has 1 rings (SSSR count). The van der Waals surface area contributed by atoms with Crippen molar-refractivity contribution in [3.05, 3.63) is 0 Å². The van der Waals surface area contributed by atoms with Gasteiger partial charge in [-0.1, -0.05) is 0 Å². The topological polar surface area (TPSA) is 61.8 Å². The van der Waals surface area contributed by atoms with Crippen LogP contribution >= 0.6 is 0 Å². The first-order valence-corrected chi connectivity index (χ1v) is 5.30. The second-order valence-corrected chi connectivity index (χ2v) is 3.79. The van der Waals surface area contributed by atoms with E-state index >= 15 is 0 Å². The van der Waals surface area contributed by atoms with Crippen LogP contribution in [0.1, 0.15) is 19.3 Å². The fraction of sp³-hybridized carbons (Fsp3) is 0.889. The number of nitrogens with one attached hydrogen (secondary N) is 1.